The third kappa shape index (κ3) is 7.22. The first-order chi connectivity index (χ1) is 9.65. The molecule has 0 aromatic rings. The van der Waals surface area contributed by atoms with Gasteiger partial charge in [0, 0.05) is 19.7 Å². The highest BCUT2D eigenvalue weighted by molar-refractivity contribution is 5.78. The van der Waals surface area contributed by atoms with Crippen LogP contribution < -0.4 is 10.6 Å². The van der Waals surface area contributed by atoms with Crippen LogP contribution in [0.4, 0.5) is 0 Å². The van der Waals surface area contributed by atoms with Crippen molar-refractivity contribution in [1.82, 2.24) is 15.5 Å². The topological polar surface area (TPSA) is 53.6 Å². The molecule has 1 amide bonds. The number of amides is 1. The fourth-order valence-corrected chi connectivity index (χ4v) is 2.45. The summed E-state index contributed by atoms with van der Waals surface area (Å²) in [5.74, 6) is 0.900. The number of methoxy groups -OCH3 is 1. The summed E-state index contributed by atoms with van der Waals surface area (Å²) in [5.41, 5.74) is 0. The third-order valence-corrected chi connectivity index (χ3v) is 4.01. The van der Waals surface area contributed by atoms with E-state index in [9.17, 15) is 4.79 Å². The molecule has 0 radical (unpaired) electrons. The van der Waals surface area contributed by atoms with Crippen LogP contribution in [-0.2, 0) is 9.53 Å². The second-order valence-electron chi connectivity index (χ2n) is 5.79. The Morgan fingerprint density at radius 2 is 2.10 bits per heavy atom. The molecule has 5 nitrogen and oxygen atoms in total. The molecule has 1 fully saturated rings. The molecule has 1 heterocycles. The van der Waals surface area contributed by atoms with Crippen LogP contribution in [0.5, 0.6) is 0 Å². The minimum Gasteiger partial charge on any atom is -0.383 e. The van der Waals surface area contributed by atoms with E-state index in [2.05, 4.69) is 29.4 Å². The Morgan fingerprint density at radius 1 is 1.40 bits per heavy atom. The average molecular weight is 285 g/mol. The lowest BCUT2D eigenvalue weighted by atomic mass is 9.97. The second-order valence-corrected chi connectivity index (χ2v) is 5.79. The van der Waals surface area contributed by atoms with Gasteiger partial charge in [0.25, 0.3) is 0 Å². The zero-order valence-corrected chi connectivity index (χ0v) is 13.3. The Hall–Kier alpha value is -0.650. The summed E-state index contributed by atoms with van der Waals surface area (Å²) in [6.07, 6.45) is 3.34. The Bertz CT molecular complexity index is 266. The number of ether oxygens (including phenoxy) is 1. The second kappa shape index (κ2) is 10.1. The predicted molar refractivity (Wildman–Crippen MR) is 81.8 cm³/mol. The Morgan fingerprint density at radius 3 is 2.70 bits per heavy atom. The zero-order valence-electron chi connectivity index (χ0n) is 13.3. The van der Waals surface area contributed by atoms with E-state index in [1.54, 1.807) is 7.11 Å². The zero-order chi connectivity index (χ0) is 14.8. The monoisotopic (exact) mass is 285 g/mol. The molecule has 1 aliphatic rings. The van der Waals surface area contributed by atoms with Gasteiger partial charge in [-0.15, -0.1) is 0 Å². The number of nitrogens with one attached hydrogen (secondary N) is 2. The summed E-state index contributed by atoms with van der Waals surface area (Å²) in [4.78, 5) is 14.1. The maximum Gasteiger partial charge on any atom is 0.234 e. The molecule has 0 spiro atoms. The van der Waals surface area contributed by atoms with E-state index in [-0.39, 0.29) is 11.9 Å². The maximum absolute atomic E-state index is 11.8. The molecule has 0 aromatic heterocycles. The molecule has 1 saturated heterocycles. The van der Waals surface area contributed by atoms with Crippen molar-refractivity contribution < 1.29 is 9.53 Å². The number of piperidine rings is 1. The molecule has 20 heavy (non-hydrogen) atoms. The van der Waals surface area contributed by atoms with Crippen molar-refractivity contribution >= 4 is 5.91 Å². The first-order valence-corrected chi connectivity index (χ1v) is 7.87. The van der Waals surface area contributed by atoms with E-state index in [1.165, 1.54) is 12.8 Å². The van der Waals surface area contributed by atoms with Crippen LogP contribution in [0.15, 0.2) is 0 Å². The number of carbonyl (C=O) groups excluding carboxylic acids is 1. The molecule has 1 rings (SSSR count). The van der Waals surface area contributed by atoms with Gasteiger partial charge in [-0.3, -0.25) is 9.69 Å². The summed E-state index contributed by atoms with van der Waals surface area (Å²) < 4.78 is 5.02. The normalized spacial score (nSPS) is 18.9. The van der Waals surface area contributed by atoms with Gasteiger partial charge in [-0.25, -0.2) is 0 Å². The van der Waals surface area contributed by atoms with Crippen LogP contribution >= 0.6 is 0 Å². The fraction of sp³-hybridized carbons (Fsp3) is 0.933. The van der Waals surface area contributed by atoms with Crippen molar-refractivity contribution in [2.24, 2.45) is 5.92 Å². The van der Waals surface area contributed by atoms with Crippen LogP contribution in [0.1, 0.15) is 33.1 Å². The molecular weight excluding hydrogens is 254 g/mol. The molecule has 1 unspecified atom stereocenters. The molecule has 2 N–H and O–H groups in total. The van der Waals surface area contributed by atoms with Gasteiger partial charge >= 0.3 is 0 Å². The fourth-order valence-electron chi connectivity index (χ4n) is 2.45. The summed E-state index contributed by atoms with van der Waals surface area (Å²) in [5, 5.41) is 6.45. The standard InChI is InChI=1S/C15H31N3O2/c1-4-13(2)17-15(19)12-18-8-5-14(6-9-18)11-16-7-10-20-3/h13-14,16H,4-12H2,1-3H3,(H,17,19). The average Bonchev–Trinajstić information content (AvgIpc) is 2.45. The Labute approximate surface area is 123 Å². The van der Waals surface area contributed by atoms with Crippen molar-refractivity contribution in [3.05, 3.63) is 0 Å². The number of carbonyl (C=O) groups is 1. The van der Waals surface area contributed by atoms with Gasteiger partial charge < -0.3 is 15.4 Å². The van der Waals surface area contributed by atoms with Gasteiger partial charge in [0.1, 0.15) is 0 Å². The highest BCUT2D eigenvalue weighted by Gasteiger charge is 2.20. The van der Waals surface area contributed by atoms with Gasteiger partial charge in [0.2, 0.25) is 5.91 Å². The summed E-state index contributed by atoms with van der Waals surface area (Å²) in [7, 11) is 1.73. The maximum atomic E-state index is 11.8. The van der Waals surface area contributed by atoms with Gasteiger partial charge in [-0.05, 0) is 51.7 Å². The van der Waals surface area contributed by atoms with Crippen molar-refractivity contribution in [2.45, 2.75) is 39.2 Å². The lowest BCUT2D eigenvalue weighted by molar-refractivity contribution is -0.123. The molecule has 118 valence electrons. The largest absolute Gasteiger partial charge is 0.383 e. The molecule has 1 aliphatic heterocycles. The van der Waals surface area contributed by atoms with Crippen LogP contribution in [-0.4, -0.2) is 63.3 Å². The molecular formula is C15H31N3O2. The van der Waals surface area contributed by atoms with Gasteiger partial charge in [0.15, 0.2) is 0 Å². The lowest BCUT2D eigenvalue weighted by Crippen LogP contribution is -2.44. The van der Waals surface area contributed by atoms with Gasteiger partial charge in [-0.1, -0.05) is 6.92 Å². The van der Waals surface area contributed by atoms with E-state index in [0.29, 0.717) is 6.54 Å². The minimum atomic E-state index is 0.163. The van der Waals surface area contributed by atoms with Crippen molar-refractivity contribution in [1.29, 1.82) is 0 Å². The first-order valence-electron chi connectivity index (χ1n) is 7.87. The molecule has 0 bridgehead atoms. The SMILES string of the molecule is CCC(C)NC(=O)CN1CCC(CNCCOC)CC1. The Balaban J connectivity index is 2.11. The van der Waals surface area contributed by atoms with E-state index >= 15 is 0 Å². The van der Waals surface area contributed by atoms with Crippen LogP contribution in [0.2, 0.25) is 0 Å². The van der Waals surface area contributed by atoms with Crippen LogP contribution in [0, 0.1) is 5.92 Å². The molecule has 0 aromatic carbocycles. The summed E-state index contributed by atoms with van der Waals surface area (Å²) in [6.45, 7) is 9.52. The van der Waals surface area contributed by atoms with Gasteiger partial charge in [-0.2, -0.15) is 0 Å². The van der Waals surface area contributed by atoms with E-state index in [4.69, 9.17) is 4.74 Å². The molecule has 1 atom stereocenters. The number of likely N-dealkylation sites (tertiary alicyclic amines) is 1. The van der Waals surface area contributed by atoms with Gasteiger partial charge in [0.05, 0.1) is 13.2 Å². The van der Waals surface area contributed by atoms with Crippen LogP contribution in [0.3, 0.4) is 0 Å². The predicted octanol–water partition coefficient (Wildman–Crippen LogP) is 0.849. The third-order valence-electron chi connectivity index (χ3n) is 4.01. The molecule has 0 saturated carbocycles. The summed E-state index contributed by atoms with van der Waals surface area (Å²) >= 11 is 0. The van der Waals surface area contributed by atoms with Crippen molar-refractivity contribution in [3.8, 4) is 0 Å². The van der Waals surface area contributed by atoms with Crippen molar-refractivity contribution in [2.75, 3.05) is 46.4 Å². The quantitative estimate of drug-likeness (QED) is 0.617. The van der Waals surface area contributed by atoms with Crippen molar-refractivity contribution in [3.63, 3.8) is 0 Å². The number of rotatable bonds is 9. The number of hydrogen-bond donors (Lipinski definition) is 2. The van der Waals surface area contributed by atoms with Crippen LogP contribution in [0.25, 0.3) is 0 Å². The lowest BCUT2D eigenvalue weighted by Gasteiger charge is -2.31. The minimum absolute atomic E-state index is 0.163. The summed E-state index contributed by atoms with van der Waals surface area (Å²) in [6, 6.07) is 0.282. The van der Waals surface area contributed by atoms with E-state index in [1.807, 2.05) is 0 Å². The van der Waals surface area contributed by atoms with E-state index < -0.39 is 0 Å². The Kier molecular flexibility index (Phi) is 8.82. The molecule has 0 aliphatic carbocycles. The smallest absolute Gasteiger partial charge is 0.234 e. The highest BCUT2D eigenvalue weighted by atomic mass is 16.5. The number of hydrogen-bond acceptors (Lipinski definition) is 4. The molecule has 5 heteroatoms. The number of nitrogens with zero attached hydrogens (tertiary/aromatic N) is 1. The van der Waals surface area contributed by atoms with E-state index in [0.717, 1.165) is 45.1 Å². The first kappa shape index (κ1) is 17.4. The highest BCUT2D eigenvalue weighted by Crippen LogP contribution is 2.15.